The second-order valence-corrected chi connectivity index (χ2v) is 5.36. The van der Waals surface area contributed by atoms with E-state index in [1.54, 1.807) is 18.2 Å². The van der Waals surface area contributed by atoms with Crippen LogP contribution in [0.25, 0.3) is 10.4 Å². The molecule has 28 heavy (non-hydrogen) atoms. The van der Waals surface area contributed by atoms with Gasteiger partial charge in [0.25, 0.3) is 5.69 Å². The number of esters is 1. The minimum Gasteiger partial charge on any atom is -0.487 e. The highest BCUT2D eigenvalue weighted by molar-refractivity contribution is 5.72. The first-order valence-corrected chi connectivity index (χ1v) is 7.99. The lowest BCUT2D eigenvalue weighted by molar-refractivity contribution is -0.384. The molecule has 2 aromatic rings. The molecular weight excluding hydrogens is 368 g/mol. The first-order chi connectivity index (χ1) is 13.5. The molecule has 0 fully saturated rings. The van der Waals surface area contributed by atoms with Crippen LogP contribution in [-0.4, -0.2) is 24.7 Å². The summed E-state index contributed by atoms with van der Waals surface area (Å²) in [6, 6.07) is 10.6. The Balaban J connectivity index is 2.02. The van der Waals surface area contributed by atoms with Crippen LogP contribution in [0.2, 0.25) is 0 Å². The molecule has 0 radical (unpaired) electrons. The van der Waals surface area contributed by atoms with E-state index in [4.69, 9.17) is 15.0 Å². The number of hydrogen-bond donors (Lipinski definition) is 0. The zero-order valence-electron chi connectivity index (χ0n) is 14.9. The number of nitro groups is 1. The third-order valence-electron chi connectivity index (χ3n) is 3.49. The van der Waals surface area contributed by atoms with Crippen molar-refractivity contribution in [3.05, 3.63) is 74.1 Å². The third kappa shape index (κ3) is 6.07. The number of azide groups is 1. The Morgan fingerprint density at radius 2 is 2.00 bits per heavy atom. The van der Waals surface area contributed by atoms with E-state index >= 15 is 0 Å². The van der Waals surface area contributed by atoms with E-state index in [9.17, 15) is 14.9 Å². The Bertz CT molecular complexity index is 922. The molecule has 0 aliphatic carbocycles. The van der Waals surface area contributed by atoms with E-state index in [1.165, 1.54) is 31.3 Å². The molecule has 0 unspecified atom stereocenters. The highest BCUT2D eigenvalue weighted by Crippen LogP contribution is 2.26. The van der Waals surface area contributed by atoms with E-state index in [0.717, 1.165) is 0 Å². The van der Waals surface area contributed by atoms with Crippen molar-refractivity contribution in [2.75, 3.05) is 13.8 Å². The number of rotatable bonds is 9. The summed E-state index contributed by atoms with van der Waals surface area (Å²) >= 11 is 0. The molecule has 0 aliphatic heterocycles. The summed E-state index contributed by atoms with van der Waals surface area (Å²) in [5, 5.41) is 21.5. The lowest BCUT2D eigenvalue weighted by Gasteiger charge is -2.11. The van der Waals surface area contributed by atoms with Crippen molar-refractivity contribution >= 4 is 17.3 Å². The highest BCUT2D eigenvalue weighted by atomic mass is 16.6. The highest BCUT2D eigenvalue weighted by Gasteiger charge is 2.11. The van der Waals surface area contributed by atoms with Crippen molar-refractivity contribution < 1.29 is 19.2 Å². The number of ether oxygens (including phenoxy) is 2. The van der Waals surface area contributed by atoms with Gasteiger partial charge in [-0.05, 0) is 23.2 Å². The number of nitro benzene ring substituents is 1. The summed E-state index contributed by atoms with van der Waals surface area (Å²) in [5.74, 6) is -0.160. The molecule has 11 heteroatoms. The second kappa shape index (κ2) is 10.2. The van der Waals surface area contributed by atoms with E-state index in [1.807, 2.05) is 0 Å². The maximum Gasteiger partial charge on any atom is 0.310 e. The Hall–Kier alpha value is -3.98. The smallest absolute Gasteiger partial charge is 0.310 e. The van der Waals surface area contributed by atoms with Crippen LogP contribution < -0.4 is 4.74 Å². The minimum absolute atomic E-state index is 0.0327. The minimum atomic E-state index is -0.512. The van der Waals surface area contributed by atoms with Crippen LogP contribution in [0.1, 0.15) is 11.1 Å². The quantitative estimate of drug-likeness (QED) is 0.158. The van der Waals surface area contributed by atoms with Crippen molar-refractivity contribution in [3.63, 3.8) is 0 Å². The van der Waals surface area contributed by atoms with Gasteiger partial charge < -0.3 is 9.47 Å². The largest absolute Gasteiger partial charge is 0.487 e. The van der Waals surface area contributed by atoms with Gasteiger partial charge in [0.15, 0.2) is 6.73 Å². The molecule has 11 nitrogen and oxygen atoms in total. The third-order valence-corrected chi connectivity index (χ3v) is 3.49. The molecule has 2 aromatic carbocycles. The Labute approximate surface area is 159 Å². The molecule has 0 bridgehead atoms. The predicted octanol–water partition coefficient (Wildman–Crippen LogP) is 4.24. The number of carbonyl (C=O) groups is 1. The first-order valence-electron chi connectivity index (χ1n) is 7.99. The number of benzene rings is 2. The first kappa shape index (κ1) is 20.3. The average Bonchev–Trinajstić information content (AvgIpc) is 2.68. The molecule has 0 N–H and O–H groups in total. The molecule has 144 valence electrons. The number of azo groups is 1. The number of hydrogen-bond acceptors (Lipinski definition) is 8. The number of nitrogens with zero attached hydrogens (tertiary/aromatic N) is 6. The zero-order chi connectivity index (χ0) is 20.4. The molecule has 2 rings (SSSR count). The van der Waals surface area contributed by atoms with Crippen LogP contribution in [0.3, 0.4) is 0 Å². The maximum absolute atomic E-state index is 12.0. The predicted molar refractivity (Wildman–Crippen MR) is 98.1 cm³/mol. The summed E-state index contributed by atoms with van der Waals surface area (Å²) in [4.78, 5) is 24.8. The fraction of sp³-hybridized carbons (Fsp3) is 0.235. The molecule has 0 aliphatic rings. The van der Waals surface area contributed by atoms with Crippen molar-refractivity contribution in [2.45, 2.75) is 13.0 Å². The van der Waals surface area contributed by atoms with Crippen molar-refractivity contribution in [1.82, 2.24) is 0 Å². The fourth-order valence-electron chi connectivity index (χ4n) is 2.21. The van der Waals surface area contributed by atoms with Gasteiger partial charge in [-0.25, -0.2) is 0 Å². The van der Waals surface area contributed by atoms with Crippen molar-refractivity contribution in [3.8, 4) is 5.75 Å². The molecular formula is C17H16N6O5. The monoisotopic (exact) mass is 384 g/mol. The Kier molecular flexibility index (Phi) is 7.43. The van der Waals surface area contributed by atoms with Crippen LogP contribution in [0.15, 0.2) is 57.8 Å². The molecule has 0 aromatic heterocycles. The van der Waals surface area contributed by atoms with Crippen molar-refractivity contribution in [2.24, 2.45) is 15.3 Å². The number of non-ortho nitro benzene ring substituents is 1. The van der Waals surface area contributed by atoms with Crippen LogP contribution in [0.4, 0.5) is 11.4 Å². The van der Waals surface area contributed by atoms with Crippen LogP contribution >= 0.6 is 0 Å². The fourth-order valence-corrected chi connectivity index (χ4v) is 2.21. The van der Waals surface area contributed by atoms with E-state index in [0.29, 0.717) is 22.6 Å². The summed E-state index contributed by atoms with van der Waals surface area (Å²) in [6.07, 6.45) is -0.0327. The van der Waals surface area contributed by atoms with E-state index in [2.05, 4.69) is 20.3 Å². The summed E-state index contributed by atoms with van der Waals surface area (Å²) < 4.78 is 10.6. The van der Waals surface area contributed by atoms with Gasteiger partial charge in [0.2, 0.25) is 0 Å². The van der Waals surface area contributed by atoms with Gasteiger partial charge in [-0.15, -0.1) is 0 Å². The lowest BCUT2D eigenvalue weighted by Crippen LogP contribution is -2.09. The van der Waals surface area contributed by atoms with Gasteiger partial charge in [-0.1, -0.05) is 17.2 Å². The van der Waals surface area contributed by atoms with Gasteiger partial charge in [0.1, 0.15) is 12.4 Å². The number of carbonyl (C=O) groups excluding carboxylic acids is 1. The standard InChI is InChI=1S/C17H16N6O5/c1-19-21-14-5-4-13(16(9-14)28-11-20-22-18)10-27-17(24)8-12-2-6-15(7-3-12)23(25)26/h2-7,9H,8,10-11H2,1H3. The molecule has 0 saturated heterocycles. The van der Waals surface area contributed by atoms with Gasteiger partial charge in [0, 0.05) is 35.7 Å². The lowest BCUT2D eigenvalue weighted by atomic mass is 10.1. The van der Waals surface area contributed by atoms with Crippen molar-refractivity contribution in [1.29, 1.82) is 0 Å². The van der Waals surface area contributed by atoms with Gasteiger partial charge in [-0.3, -0.25) is 14.9 Å². The molecule has 0 saturated carbocycles. The van der Waals surface area contributed by atoms with Crippen LogP contribution in [0, 0.1) is 10.1 Å². The van der Waals surface area contributed by atoms with Crippen LogP contribution in [0.5, 0.6) is 5.75 Å². The Morgan fingerprint density at radius 3 is 2.64 bits per heavy atom. The maximum atomic E-state index is 12.0. The van der Waals surface area contributed by atoms with Gasteiger partial charge >= 0.3 is 5.97 Å². The normalized spacial score (nSPS) is 10.3. The van der Waals surface area contributed by atoms with Gasteiger partial charge in [0.05, 0.1) is 17.0 Å². The summed E-state index contributed by atoms with van der Waals surface area (Å²) in [6.45, 7) is -0.298. The molecule has 0 spiro atoms. The average molecular weight is 384 g/mol. The molecule has 0 heterocycles. The topological polar surface area (TPSA) is 152 Å². The molecule has 0 atom stereocenters. The van der Waals surface area contributed by atoms with E-state index in [-0.39, 0.29) is 25.4 Å². The summed E-state index contributed by atoms with van der Waals surface area (Å²) in [5.41, 5.74) is 9.98. The SMILES string of the molecule is CN=Nc1ccc(COC(=O)Cc2ccc([N+](=O)[O-])cc2)c(OCN=[N+]=[N-])c1. The van der Waals surface area contributed by atoms with E-state index < -0.39 is 10.9 Å². The second-order valence-electron chi connectivity index (χ2n) is 5.36. The Morgan fingerprint density at radius 1 is 1.25 bits per heavy atom. The zero-order valence-corrected chi connectivity index (χ0v) is 14.9. The molecule has 0 amide bonds. The van der Waals surface area contributed by atoms with Crippen LogP contribution in [-0.2, 0) is 22.6 Å². The van der Waals surface area contributed by atoms with Gasteiger partial charge in [-0.2, -0.15) is 10.2 Å². The summed E-state index contributed by atoms with van der Waals surface area (Å²) in [7, 11) is 1.52.